The monoisotopic (exact) mass is 468 g/mol. The number of non-ortho nitro benzene ring substituents is 1. The van der Waals surface area contributed by atoms with Gasteiger partial charge in [0.2, 0.25) is 0 Å². The summed E-state index contributed by atoms with van der Waals surface area (Å²) >= 11 is 6.67. The minimum Gasteiger partial charge on any atom is -0.321 e. The van der Waals surface area contributed by atoms with Crippen molar-refractivity contribution in [2.75, 3.05) is 5.32 Å². The number of nitrogens with one attached hydrogen (secondary N) is 1. The van der Waals surface area contributed by atoms with Crippen molar-refractivity contribution in [1.82, 2.24) is 0 Å². The Labute approximate surface area is 172 Å². The number of benzene rings is 2. The number of nitrogens with zero attached hydrogens (tertiary/aromatic N) is 1. The van der Waals surface area contributed by atoms with Crippen LogP contribution in [0.15, 0.2) is 36.4 Å². The number of amides is 1. The van der Waals surface area contributed by atoms with Crippen molar-refractivity contribution in [2.24, 2.45) is 0 Å². The molecule has 0 unspecified atom stereocenters. The summed E-state index contributed by atoms with van der Waals surface area (Å²) in [5, 5.41) is 13.0. The van der Waals surface area contributed by atoms with Crippen molar-refractivity contribution >= 4 is 50.3 Å². The number of anilines is 1. The molecule has 0 spiro atoms. The number of carbonyl (C=O) groups excluding carboxylic acids is 1. The molecule has 2 aromatic carbocycles. The molecule has 0 aliphatic heterocycles. The summed E-state index contributed by atoms with van der Waals surface area (Å²) in [5.74, 6) is -1.11. The Morgan fingerprint density at radius 3 is 2.10 bits per heavy atom. The van der Waals surface area contributed by atoms with E-state index in [1.54, 1.807) is 0 Å². The largest absolute Gasteiger partial charge is 0.416 e. The van der Waals surface area contributed by atoms with Gasteiger partial charge >= 0.3 is 12.4 Å². The van der Waals surface area contributed by atoms with Gasteiger partial charge in [-0.3, -0.25) is 14.9 Å². The maximum Gasteiger partial charge on any atom is 0.416 e. The second-order valence-electron chi connectivity index (χ2n) is 5.90. The van der Waals surface area contributed by atoms with E-state index < -0.39 is 40.0 Å². The number of nitro groups is 1. The van der Waals surface area contributed by atoms with Crippen molar-refractivity contribution in [2.45, 2.75) is 12.4 Å². The lowest BCUT2D eigenvalue weighted by Gasteiger charge is -2.14. The molecule has 158 valence electrons. The van der Waals surface area contributed by atoms with Crippen molar-refractivity contribution in [3.8, 4) is 0 Å². The highest BCUT2D eigenvalue weighted by atomic mass is 35.5. The molecule has 1 amide bonds. The molecule has 1 heterocycles. The van der Waals surface area contributed by atoms with Gasteiger partial charge in [-0.1, -0.05) is 23.7 Å². The Hall–Kier alpha value is -2.86. The molecule has 0 saturated carbocycles. The smallest absolute Gasteiger partial charge is 0.321 e. The summed E-state index contributed by atoms with van der Waals surface area (Å²) in [5.41, 5.74) is -4.32. The number of halogens is 7. The molecule has 0 saturated heterocycles. The highest BCUT2D eigenvalue weighted by molar-refractivity contribution is 7.22. The van der Waals surface area contributed by atoms with Crippen molar-refractivity contribution in [3.05, 3.63) is 67.5 Å². The average molecular weight is 469 g/mol. The van der Waals surface area contributed by atoms with Crippen molar-refractivity contribution < 1.29 is 36.1 Å². The lowest BCUT2D eigenvalue weighted by atomic mass is 10.1. The Balaban J connectivity index is 2.05. The van der Waals surface area contributed by atoms with E-state index in [-0.39, 0.29) is 31.7 Å². The topological polar surface area (TPSA) is 72.2 Å². The molecule has 3 aromatic rings. The number of fused-ring (bicyclic) bond motifs is 1. The minimum atomic E-state index is -5.09. The lowest BCUT2D eigenvalue weighted by molar-refractivity contribution is -0.382. The quantitative estimate of drug-likeness (QED) is 0.262. The molecule has 3 rings (SSSR count). The predicted molar refractivity (Wildman–Crippen MR) is 97.9 cm³/mol. The number of nitro benzene ring substituents is 1. The summed E-state index contributed by atoms with van der Waals surface area (Å²) in [6, 6.07) is 4.49. The molecular weight excluding hydrogens is 462 g/mol. The van der Waals surface area contributed by atoms with E-state index in [9.17, 15) is 41.3 Å². The maximum absolute atomic E-state index is 13.0. The van der Waals surface area contributed by atoms with E-state index in [2.05, 4.69) is 0 Å². The van der Waals surface area contributed by atoms with Gasteiger partial charge in [0.05, 0.1) is 21.1 Å². The van der Waals surface area contributed by atoms with Crippen LogP contribution in [0.1, 0.15) is 20.8 Å². The van der Waals surface area contributed by atoms with Gasteiger partial charge in [-0.15, -0.1) is 11.3 Å². The fourth-order valence-electron chi connectivity index (χ4n) is 2.58. The predicted octanol–water partition coefficient (Wildman–Crippen LogP) is 6.75. The highest BCUT2D eigenvalue weighted by Gasteiger charge is 2.37. The van der Waals surface area contributed by atoms with E-state index in [4.69, 9.17) is 11.6 Å². The summed E-state index contributed by atoms with van der Waals surface area (Å²) in [6.07, 6.45) is -10.2. The number of alkyl halides is 6. The molecule has 0 aliphatic rings. The van der Waals surface area contributed by atoms with Gasteiger partial charge in [-0.25, -0.2) is 0 Å². The molecule has 13 heteroatoms. The summed E-state index contributed by atoms with van der Waals surface area (Å²) in [7, 11) is 0. The van der Waals surface area contributed by atoms with Crippen LogP contribution in [-0.2, 0) is 12.4 Å². The molecule has 0 fully saturated rings. The number of thiophene rings is 1. The van der Waals surface area contributed by atoms with Gasteiger partial charge in [-0.05, 0) is 18.2 Å². The number of hydrogen-bond acceptors (Lipinski definition) is 4. The Morgan fingerprint density at radius 1 is 1.03 bits per heavy atom. The second-order valence-corrected chi connectivity index (χ2v) is 7.30. The summed E-state index contributed by atoms with van der Waals surface area (Å²) < 4.78 is 77.8. The summed E-state index contributed by atoms with van der Waals surface area (Å²) in [4.78, 5) is 22.6. The van der Waals surface area contributed by atoms with Gasteiger partial charge in [0.25, 0.3) is 11.6 Å². The maximum atomic E-state index is 13.0. The van der Waals surface area contributed by atoms with E-state index in [1.807, 2.05) is 5.32 Å². The fraction of sp³-hybridized carbons (Fsp3) is 0.118. The molecule has 0 atom stereocenters. The van der Waals surface area contributed by atoms with E-state index >= 15 is 0 Å². The zero-order chi connectivity index (χ0) is 22.4. The third-order valence-corrected chi connectivity index (χ3v) is 5.61. The lowest BCUT2D eigenvalue weighted by Crippen LogP contribution is -2.15. The minimum absolute atomic E-state index is 0.0395. The van der Waals surface area contributed by atoms with Crippen molar-refractivity contribution in [3.63, 3.8) is 0 Å². The molecule has 0 aliphatic carbocycles. The number of hydrogen-bond donors (Lipinski definition) is 1. The first-order valence-corrected chi connectivity index (χ1v) is 8.94. The third kappa shape index (κ3) is 4.19. The van der Waals surface area contributed by atoms with E-state index in [0.717, 1.165) is 0 Å². The highest BCUT2D eigenvalue weighted by Crippen LogP contribution is 2.41. The van der Waals surface area contributed by atoms with Crippen LogP contribution in [0.25, 0.3) is 10.1 Å². The molecule has 1 N–H and O–H groups in total. The van der Waals surface area contributed by atoms with Crippen LogP contribution in [0, 0.1) is 10.1 Å². The van der Waals surface area contributed by atoms with Crippen molar-refractivity contribution in [1.29, 1.82) is 0 Å². The van der Waals surface area contributed by atoms with Gasteiger partial charge in [-0.2, -0.15) is 26.3 Å². The van der Waals surface area contributed by atoms with Crippen LogP contribution in [0.3, 0.4) is 0 Å². The third-order valence-electron chi connectivity index (χ3n) is 3.88. The first-order valence-electron chi connectivity index (χ1n) is 7.75. The van der Waals surface area contributed by atoms with Gasteiger partial charge < -0.3 is 5.32 Å². The standard InChI is InChI=1S/C17H7ClF6N2O3S/c18-12-10-2-1-3-11(26(28)29)13(10)30-14(12)15(27)25-9-5-7(16(19,20)21)4-8(6-9)17(22,23)24/h1-6H,(H,25,27). The van der Waals surface area contributed by atoms with Gasteiger partial charge in [0, 0.05) is 17.1 Å². The Morgan fingerprint density at radius 2 is 1.60 bits per heavy atom. The van der Waals surface area contributed by atoms with Crippen LogP contribution >= 0.6 is 22.9 Å². The van der Waals surface area contributed by atoms with E-state index in [0.29, 0.717) is 23.5 Å². The first-order chi connectivity index (χ1) is 13.8. The van der Waals surface area contributed by atoms with Crippen LogP contribution in [0.2, 0.25) is 5.02 Å². The fourth-order valence-corrected chi connectivity index (χ4v) is 4.07. The SMILES string of the molecule is O=C(Nc1cc(C(F)(F)F)cc(C(F)(F)F)c1)c1sc2c([N+](=O)[O-])cccc2c1Cl. The summed E-state index contributed by atoms with van der Waals surface area (Å²) in [6.45, 7) is 0. The van der Waals surface area contributed by atoms with Gasteiger partial charge in [0.15, 0.2) is 0 Å². The molecule has 5 nitrogen and oxygen atoms in total. The molecule has 1 aromatic heterocycles. The van der Waals surface area contributed by atoms with Crippen LogP contribution in [0.5, 0.6) is 0 Å². The van der Waals surface area contributed by atoms with E-state index in [1.165, 1.54) is 18.2 Å². The first kappa shape index (κ1) is 21.8. The Kier molecular flexibility index (Phi) is 5.41. The normalized spacial score (nSPS) is 12.2. The number of carbonyl (C=O) groups is 1. The second kappa shape index (κ2) is 7.43. The average Bonchev–Trinajstić information content (AvgIpc) is 2.97. The molecule has 0 bridgehead atoms. The van der Waals surface area contributed by atoms with Crippen LogP contribution in [0.4, 0.5) is 37.7 Å². The molecular formula is C17H7ClF6N2O3S. The van der Waals surface area contributed by atoms with Crippen LogP contribution < -0.4 is 5.32 Å². The van der Waals surface area contributed by atoms with Gasteiger partial charge in [0.1, 0.15) is 9.58 Å². The molecule has 30 heavy (non-hydrogen) atoms. The number of rotatable bonds is 3. The van der Waals surface area contributed by atoms with Crippen LogP contribution in [-0.4, -0.2) is 10.8 Å². The Bertz CT molecular complexity index is 1140. The zero-order valence-electron chi connectivity index (χ0n) is 14.2. The molecule has 0 radical (unpaired) electrons. The zero-order valence-corrected chi connectivity index (χ0v) is 15.8.